The van der Waals surface area contributed by atoms with Crippen LogP contribution in [0, 0.1) is 11.2 Å². The number of benzene rings is 2. The molecule has 1 unspecified atom stereocenters. The van der Waals surface area contributed by atoms with E-state index in [1.165, 1.54) is 12.1 Å². The zero-order valence-corrected chi connectivity index (χ0v) is 22.3. The van der Waals surface area contributed by atoms with Crippen LogP contribution in [-0.4, -0.2) is 76.7 Å². The van der Waals surface area contributed by atoms with Crippen LogP contribution in [0.4, 0.5) is 10.1 Å². The number of nitrogens with zero attached hydrogens (tertiary/aromatic N) is 4. The molecule has 2 amide bonds. The van der Waals surface area contributed by atoms with E-state index < -0.39 is 5.41 Å². The zero-order valence-electron chi connectivity index (χ0n) is 22.3. The molecular formula is C30H31FN6O3. The van der Waals surface area contributed by atoms with Crippen LogP contribution in [-0.2, 0) is 27.3 Å². The minimum absolute atomic E-state index is 0.0573. The van der Waals surface area contributed by atoms with E-state index in [0.29, 0.717) is 44.0 Å². The van der Waals surface area contributed by atoms with Crippen molar-refractivity contribution < 1.29 is 18.7 Å². The molecule has 0 bridgehead atoms. The molecule has 4 heterocycles. The molecule has 0 spiro atoms. The Balaban J connectivity index is 1.14. The normalized spacial score (nSPS) is 19.1. The lowest BCUT2D eigenvalue weighted by Crippen LogP contribution is -2.45. The lowest BCUT2D eigenvalue weighted by atomic mass is 9.87. The number of amides is 2. The predicted octanol–water partition coefficient (Wildman–Crippen LogP) is 3.63. The second-order valence-corrected chi connectivity index (χ2v) is 10.6. The summed E-state index contributed by atoms with van der Waals surface area (Å²) < 4.78 is 18.9. The fourth-order valence-electron chi connectivity index (χ4n) is 5.79. The van der Waals surface area contributed by atoms with Crippen LogP contribution in [0.3, 0.4) is 0 Å². The molecule has 0 saturated carbocycles. The molecule has 2 aliphatic rings. The highest BCUT2D eigenvalue weighted by molar-refractivity contribution is 6.00. The van der Waals surface area contributed by atoms with Crippen molar-refractivity contribution in [1.82, 2.24) is 25.0 Å². The first-order valence-electron chi connectivity index (χ1n) is 13.4. The fourth-order valence-corrected chi connectivity index (χ4v) is 5.79. The lowest BCUT2D eigenvalue weighted by Gasteiger charge is -2.31. The van der Waals surface area contributed by atoms with Gasteiger partial charge in [-0.1, -0.05) is 6.07 Å². The van der Waals surface area contributed by atoms with Crippen molar-refractivity contribution in [1.29, 1.82) is 0 Å². The molecule has 2 N–H and O–H groups in total. The maximum atomic E-state index is 13.7. The van der Waals surface area contributed by atoms with Gasteiger partial charge in [-0.2, -0.15) is 5.10 Å². The van der Waals surface area contributed by atoms with E-state index in [1.54, 1.807) is 25.4 Å². The summed E-state index contributed by atoms with van der Waals surface area (Å²) in [6.45, 7) is 2.79. The SMILES string of the molecule is COCC1(C(=O)Nc2ccc3[nH]nc(-c4ccc(F)cc4)c3c2)CCN(CC(=O)N2CCc3ncccc3C2)C1. The van der Waals surface area contributed by atoms with Gasteiger partial charge in [0.05, 0.1) is 29.8 Å². The van der Waals surface area contributed by atoms with Crippen molar-refractivity contribution in [3.8, 4) is 11.3 Å². The molecular weight excluding hydrogens is 511 g/mol. The van der Waals surface area contributed by atoms with Gasteiger partial charge < -0.3 is 15.0 Å². The summed E-state index contributed by atoms with van der Waals surface area (Å²) in [4.78, 5) is 35.2. The molecule has 40 heavy (non-hydrogen) atoms. The molecule has 0 aliphatic carbocycles. The number of halogens is 1. The monoisotopic (exact) mass is 542 g/mol. The number of carbonyl (C=O) groups excluding carboxylic acids is 2. The number of rotatable bonds is 7. The number of hydrogen-bond acceptors (Lipinski definition) is 6. The van der Waals surface area contributed by atoms with E-state index >= 15 is 0 Å². The van der Waals surface area contributed by atoms with Crippen molar-refractivity contribution >= 4 is 28.4 Å². The summed E-state index contributed by atoms with van der Waals surface area (Å²) >= 11 is 0. The summed E-state index contributed by atoms with van der Waals surface area (Å²) in [6.07, 6.45) is 3.13. The Morgan fingerprint density at radius 1 is 1.15 bits per heavy atom. The quantitative estimate of drug-likeness (QED) is 0.370. The van der Waals surface area contributed by atoms with E-state index in [4.69, 9.17) is 4.74 Å². The molecule has 0 radical (unpaired) electrons. The van der Waals surface area contributed by atoms with Crippen molar-refractivity contribution in [2.45, 2.75) is 19.4 Å². The third-order valence-corrected chi connectivity index (χ3v) is 7.95. The third-order valence-electron chi connectivity index (χ3n) is 7.95. The molecule has 6 rings (SSSR count). The maximum absolute atomic E-state index is 13.7. The molecule has 1 fully saturated rings. The maximum Gasteiger partial charge on any atom is 0.237 e. The number of H-pyrrole nitrogens is 1. The molecule has 4 aromatic rings. The number of methoxy groups -OCH3 is 1. The van der Waals surface area contributed by atoms with Crippen LogP contribution in [0.15, 0.2) is 60.8 Å². The number of fused-ring (bicyclic) bond motifs is 2. The van der Waals surface area contributed by atoms with Gasteiger partial charge >= 0.3 is 0 Å². The van der Waals surface area contributed by atoms with Gasteiger partial charge in [-0.3, -0.25) is 24.6 Å². The average molecular weight is 543 g/mol. The van der Waals surface area contributed by atoms with Gasteiger partial charge in [0.15, 0.2) is 0 Å². The number of likely N-dealkylation sites (tertiary alicyclic amines) is 1. The zero-order chi connectivity index (χ0) is 27.7. The Labute approximate surface area is 231 Å². The highest BCUT2D eigenvalue weighted by Crippen LogP contribution is 2.34. The van der Waals surface area contributed by atoms with Gasteiger partial charge in [-0.15, -0.1) is 0 Å². The Kier molecular flexibility index (Phi) is 7.03. The van der Waals surface area contributed by atoms with E-state index in [0.717, 1.165) is 34.1 Å². The number of ether oxygens (including phenoxy) is 1. The number of hydrogen-bond donors (Lipinski definition) is 2. The molecule has 206 valence electrons. The molecule has 10 heteroatoms. The van der Waals surface area contributed by atoms with Crippen LogP contribution in [0.1, 0.15) is 17.7 Å². The number of aromatic amines is 1. The number of pyridine rings is 1. The number of anilines is 1. The standard InChI is InChI=1S/C30H31FN6O3/c1-40-19-30(11-14-36(18-30)17-27(38)37-13-10-25-21(16-37)3-2-12-32-25)29(39)33-23-8-9-26-24(15-23)28(35-34-26)20-4-6-22(31)7-5-20/h2-9,12,15H,10-11,13-14,16-19H2,1H3,(H,33,39)(H,34,35). The second kappa shape index (κ2) is 10.8. The van der Waals surface area contributed by atoms with E-state index in [9.17, 15) is 14.0 Å². The highest BCUT2D eigenvalue weighted by atomic mass is 19.1. The first kappa shape index (κ1) is 26.1. The lowest BCUT2D eigenvalue weighted by molar-refractivity contribution is -0.134. The van der Waals surface area contributed by atoms with E-state index in [-0.39, 0.29) is 30.8 Å². The minimum Gasteiger partial charge on any atom is -0.384 e. The van der Waals surface area contributed by atoms with Gasteiger partial charge in [-0.25, -0.2) is 4.39 Å². The first-order chi connectivity index (χ1) is 19.4. The summed E-state index contributed by atoms with van der Waals surface area (Å²) in [5.41, 5.74) is 4.27. The predicted molar refractivity (Wildman–Crippen MR) is 149 cm³/mol. The molecule has 2 aromatic heterocycles. The van der Waals surface area contributed by atoms with Crippen LogP contribution >= 0.6 is 0 Å². The Morgan fingerprint density at radius 3 is 2.83 bits per heavy atom. The number of carbonyl (C=O) groups is 2. The minimum atomic E-state index is -0.779. The summed E-state index contributed by atoms with van der Waals surface area (Å²) in [5, 5.41) is 11.3. The van der Waals surface area contributed by atoms with Gasteiger partial charge in [-0.05, 0) is 67.1 Å². The first-order valence-corrected chi connectivity index (χ1v) is 13.4. The molecule has 1 saturated heterocycles. The van der Waals surface area contributed by atoms with Crippen LogP contribution in [0.5, 0.6) is 0 Å². The highest BCUT2D eigenvalue weighted by Gasteiger charge is 2.45. The smallest absolute Gasteiger partial charge is 0.237 e. The molecule has 2 aliphatic heterocycles. The van der Waals surface area contributed by atoms with Crippen molar-refractivity contribution in [3.63, 3.8) is 0 Å². The Morgan fingerprint density at radius 2 is 2.00 bits per heavy atom. The van der Waals surface area contributed by atoms with E-state index in [2.05, 4.69) is 20.5 Å². The molecule has 1 atom stereocenters. The average Bonchev–Trinajstić information content (AvgIpc) is 3.58. The Hall–Kier alpha value is -4.15. The van der Waals surface area contributed by atoms with Crippen molar-refractivity contribution in [2.75, 3.05) is 45.2 Å². The second-order valence-electron chi connectivity index (χ2n) is 10.6. The number of aromatic nitrogens is 3. The van der Waals surface area contributed by atoms with Crippen LogP contribution < -0.4 is 5.32 Å². The molecule has 9 nitrogen and oxygen atoms in total. The topological polar surface area (TPSA) is 103 Å². The largest absolute Gasteiger partial charge is 0.384 e. The summed E-state index contributed by atoms with van der Waals surface area (Å²) in [5.74, 6) is -0.402. The number of nitrogens with one attached hydrogen (secondary N) is 2. The van der Waals surface area contributed by atoms with E-state index in [1.807, 2.05) is 40.1 Å². The Bertz CT molecular complexity index is 1550. The van der Waals surface area contributed by atoms with Gasteiger partial charge in [0.25, 0.3) is 0 Å². The van der Waals surface area contributed by atoms with Gasteiger partial charge in [0.1, 0.15) is 5.82 Å². The summed E-state index contributed by atoms with van der Waals surface area (Å²) in [6, 6.07) is 15.6. The third kappa shape index (κ3) is 5.07. The van der Waals surface area contributed by atoms with Crippen LogP contribution in [0.2, 0.25) is 0 Å². The van der Waals surface area contributed by atoms with Crippen molar-refractivity contribution in [2.24, 2.45) is 5.41 Å². The van der Waals surface area contributed by atoms with Gasteiger partial charge in [0.2, 0.25) is 11.8 Å². The van der Waals surface area contributed by atoms with Crippen LogP contribution in [0.25, 0.3) is 22.2 Å². The van der Waals surface area contributed by atoms with Crippen molar-refractivity contribution in [3.05, 3.63) is 77.9 Å². The molecule has 2 aromatic carbocycles. The van der Waals surface area contributed by atoms with Gasteiger partial charge in [0, 0.05) is 61.7 Å². The summed E-state index contributed by atoms with van der Waals surface area (Å²) in [7, 11) is 1.59. The fraction of sp³-hybridized carbons (Fsp3) is 0.333.